The van der Waals surface area contributed by atoms with Gasteiger partial charge in [-0.05, 0) is 60.9 Å². The molecular weight excluding hydrogens is 223 g/mol. The molecule has 0 aromatic heterocycles. The van der Waals surface area contributed by atoms with Gasteiger partial charge in [-0.2, -0.15) is 0 Å². The third-order valence-corrected chi connectivity index (χ3v) is 9.42. The van der Waals surface area contributed by atoms with Crippen LogP contribution in [0.2, 0.25) is 0 Å². The minimum Gasteiger partial charge on any atom is -0.103 e. The Labute approximate surface area is 110 Å². The van der Waals surface area contributed by atoms with Gasteiger partial charge in [0.25, 0.3) is 0 Å². The van der Waals surface area contributed by atoms with Gasteiger partial charge in [0.15, 0.2) is 0 Å². The highest BCUT2D eigenvalue weighted by Gasteiger charge is 2.69. The van der Waals surface area contributed by atoms with Crippen molar-refractivity contribution in [2.24, 2.45) is 23.7 Å². The van der Waals surface area contributed by atoms with Crippen LogP contribution in [0.1, 0.15) is 59.8 Å². The first kappa shape index (κ1) is 13.9. The molecule has 0 bridgehead atoms. The first-order valence-corrected chi connectivity index (χ1v) is 9.76. The lowest BCUT2D eigenvalue weighted by Gasteiger charge is -2.30. The van der Waals surface area contributed by atoms with Crippen molar-refractivity contribution in [2.75, 3.05) is 12.8 Å². The second kappa shape index (κ2) is 5.20. The average Bonchev–Trinajstić information content (AvgIpc) is 2.72. The molecular formula is C16H31P. The first-order chi connectivity index (χ1) is 8.07. The van der Waals surface area contributed by atoms with E-state index < -0.39 is 0 Å². The monoisotopic (exact) mass is 254 g/mol. The highest BCUT2D eigenvalue weighted by molar-refractivity contribution is 7.59. The van der Waals surface area contributed by atoms with Crippen molar-refractivity contribution >= 4 is 7.92 Å². The normalized spacial score (nSPS) is 40.1. The maximum absolute atomic E-state index is 2.63. The van der Waals surface area contributed by atoms with Crippen LogP contribution in [0, 0.1) is 23.7 Å². The summed E-state index contributed by atoms with van der Waals surface area (Å²) >= 11 is 0. The Bertz CT molecular complexity index is 250. The summed E-state index contributed by atoms with van der Waals surface area (Å²) in [6.45, 7) is 12.3. The smallest absolute Gasteiger partial charge is 0.00345 e. The SMILES string of the molecule is CCCC1(P(C)CC(C)C(C)CC)C2CCC21. The quantitative estimate of drug-likeness (QED) is 0.537. The van der Waals surface area contributed by atoms with Crippen LogP contribution in [-0.2, 0) is 0 Å². The number of fused-ring (bicyclic) bond motifs is 1. The summed E-state index contributed by atoms with van der Waals surface area (Å²) in [5.41, 5.74) is 0. The van der Waals surface area contributed by atoms with E-state index >= 15 is 0 Å². The van der Waals surface area contributed by atoms with Crippen LogP contribution >= 0.6 is 7.92 Å². The molecule has 0 radical (unpaired) electrons. The van der Waals surface area contributed by atoms with Gasteiger partial charge in [-0.15, -0.1) is 7.92 Å². The van der Waals surface area contributed by atoms with Crippen LogP contribution in [0.25, 0.3) is 0 Å². The lowest BCUT2D eigenvalue weighted by Crippen LogP contribution is -2.17. The molecule has 2 fully saturated rings. The predicted octanol–water partition coefficient (Wildman–Crippen LogP) is 5.36. The lowest BCUT2D eigenvalue weighted by molar-refractivity contribution is 0.411. The van der Waals surface area contributed by atoms with Gasteiger partial charge in [0.1, 0.15) is 0 Å². The van der Waals surface area contributed by atoms with Crippen LogP contribution in [0.4, 0.5) is 0 Å². The fourth-order valence-corrected chi connectivity index (χ4v) is 8.15. The minimum atomic E-state index is 0.288. The third-order valence-electron chi connectivity index (χ3n) is 5.99. The van der Waals surface area contributed by atoms with Gasteiger partial charge in [0.2, 0.25) is 0 Å². The van der Waals surface area contributed by atoms with E-state index in [9.17, 15) is 0 Å². The Kier molecular flexibility index (Phi) is 4.24. The van der Waals surface area contributed by atoms with Crippen molar-refractivity contribution in [3.63, 3.8) is 0 Å². The molecule has 0 amide bonds. The first-order valence-electron chi connectivity index (χ1n) is 7.79. The summed E-state index contributed by atoms with van der Waals surface area (Å²) < 4.78 is 0. The van der Waals surface area contributed by atoms with Crippen molar-refractivity contribution in [3.8, 4) is 0 Å². The fourth-order valence-electron chi connectivity index (χ4n) is 4.30. The third kappa shape index (κ3) is 2.20. The van der Waals surface area contributed by atoms with Gasteiger partial charge in [-0.3, -0.25) is 0 Å². The molecule has 0 nitrogen and oxygen atoms in total. The molecule has 100 valence electrons. The highest BCUT2D eigenvalue weighted by atomic mass is 31.1. The van der Waals surface area contributed by atoms with Gasteiger partial charge in [0, 0.05) is 0 Å². The molecule has 1 heteroatoms. The van der Waals surface area contributed by atoms with E-state index in [1.165, 1.54) is 37.3 Å². The molecule has 2 saturated carbocycles. The molecule has 0 aliphatic heterocycles. The zero-order valence-electron chi connectivity index (χ0n) is 12.5. The predicted molar refractivity (Wildman–Crippen MR) is 80.2 cm³/mol. The summed E-state index contributed by atoms with van der Waals surface area (Å²) in [6.07, 6.45) is 8.98. The molecule has 0 aromatic carbocycles. The highest BCUT2D eigenvalue weighted by Crippen LogP contribution is 2.79. The molecule has 0 spiro atoms. The van der Waals surface area contributed by atoms with E-state index in [2.05, 4.69) is 34.4 Å². The molecule has 0 heterocycles. The minimum absolute atomic E-state index is 0.288. The number of hydrogen-bond donors (Lipinski definition) is 0. The molecule has 0 N–H and O–H groups in total. The molecule has 5 atom stereocenters. The van der Waals surface area contributed by atoms with Gasteiger partial charge < -0.3 is 0 Å². The van der Waals surface area contributed by atoms with Crippen molar-refractivity contribution in [1.29, 1.82) is 0 Å². The van der Waals surface area contributed by atoms with Crippen molar-refractivity contribution in [3.05, 3.63) is 0 Å². The Morgan fingerprint density at radius 1 is 1.12 bits per heavy atom. The second-order valence-corrected chi connectivity index (χ2v) is 9.37. The second-order valence-electron chi connectivity index (χ2n) is 6.77. The summed E-state index contributed by atoms with van der Waals surface area (Å²) in [5.74, 6) is 4.21. The summed E-state index contributed by atoms with van der Waals surface area (Å²) in [4.78, 5) is 0. The van der Waals surface area contributed by atoms with Crippen LogP contribution in [0.15, 0.2) is 0 Å². The topological polar surface area (TPSA) is 0 Å². The van der Waals surface area contributed by atoms with Crippen LogP contribution in [-0.4, -0.2) is 18.0 Å². The molecule has 17 heavy (non-hydrogen) atoms. The Balaban J connectivity index is 1.92. The van der Waals surface area contributed by atoms with E-state index in [0.29, 0.717) is 0 Å². The number of rotatable bonds is 7. The van der Waals surface area contributed by atoms with E-state index in [1.54, 1.807) is 12.8 Å². The van der Waals surface area contributed by atoms with Crippen molar-refractivity contribution < 1.29 is 0 Å². The fraction of sp³-hybridized carbons (Fsp3) is 1.00. The van der Waals surface area contributed by atoms with Gasteiger partial charge >= 0.3 is 0 Å². The zero-order chi connectivity index (χ0) is 12.6. The Morgan fingerprint density at radius 3 is 2.12 bits per heavy atom. The average molecular weight is 254 g/mol. The summed E-state index contributed by atoms with van der Waals surface area (Å²) in [5, 5.41) is 0.867. The summed E-state index contributed by atoms with van der Waals surface area (Å²) in [7, 11) is 0.288. The maximum Gasteiger partial charge on any atom is -0.00345 e. The maximum atomic E-state index is 2.63. The van der Waals surface area contributed by atoms with Crippen molar-refractivity contribution in [1.82, 2.24) is 0 Å². The van der Waals surface area contributed by atoms with Gasteiger partial charge in [0.05, 0.1) is 0 Å². The van der Waals surface area contributed by atoms with Gasteiger partial charge in [-0.25, -0.2) is 0 Å². The van der Waals surface area contributed by atoms with E-state index in [0.717, 1.165) is 17.0 Å². The molecule has 0 aromatic rings. The zero-order valence-corrected chi connectivity index (χ0v) is 13.4. The largest absolute Gasteiger partial charge is 0.103 e. The Hall–Kier alpha value is 0.430. The van der Waals surface area contributed by atoms with E-state index in [1.807, 2.05) is 0 Å². The number of hydrogen-bond acceptors (Lipinski definition) is 0. The van der Waals surface area contributed by atoms with E-state index in [4.69, 9.17) is 0 Å². The van der Waals surface area contributed by atoms with Crippen LogP contribution in [0.5, 0.6) is 0 Å². The molecule has 2 rings (SSSR count). The molecule has 5 unspecified atom stereocenters. The summed E-state index contributed by atoms with van der Waals surface area (Å²) in [6, 6.07) is 0. The molecule has 2 aliphatic rings. The molecule has 2 aliphatic carbocycles. The van der Waals surface area contributed by atoms with E-state index in [-0.39, 0.29) is 7.92 Å². The Morgan fingerprint density at radius 2 is 1.71 bits per heavy atom. The van der Waals surface area contributed by atoms with Gasteiger partial charge in [-0.1, -0.05) is 40.5 Å². The van der Waals surface area contributed by atoms with Crippen molar-refractivity contribution in [2.45, 2.75) is 65.0 Å². The van der Waals surface area contributed by atoms with Crippen LogP contribution in [0.3, 0.4) is 0 Å². The lowest BCUT2D eigenvalue weighted by atomic mass is 9.96. The van der Waals surface area contributed by atoms with Crippen LogP contribution < -0.4 is 0 Å². The molecule has 0 saturated heterocycles. The standard InChI is InChI=1S/C16H31P/c1-6-10-16(14-8-9-15(14)16)17(5)11-13(4)12(3)7-2/h12-15H,6-11H2,1-5H3.